The molecular formula is C28H27N. The van der Waals surface area contributed by atoms with Gasteiger partial charge in [-0.1, -0.05) is 111 Å². The quantitative estimate of drug-likeness (QED) is 0.386. The van der Waals surface area contributed by atoms with E-state index in [1.165, 1.54) is 44.5 Å². The Morgan fingerprint density at radius 2 is 1.10 bits per heavy atom. The van der Waals surface area contributed by atoms with Gasteiger partial charge in [0, 0.05) is 5.92 Å². The zero-order chi connectivity index (χ0) is 19.1. The molecule has 0 aliphatic heterocycles. The molecule has 144 valence electrons. The Kier molecular flexibility index (Phi) is 5.08. The fourth-order valence-corrected chi connectivity index (χ4v) is 4.81. The van der Waals surface area contributed by atoms with Crippen LogP contribution >= 0.6 is 0 Å². The van der Waals surface area contributed by atoms with Crippen molar-refractivity contribution in [3.63, 3.8) is 0 Å². The summed E-state index contributed by atoms with van der Waals surface area (Å²) < 4.78 is 0. The topological polar surface area (TPSA) is 35.0 Å². The first-order valence-corrected chi connectivity index (χ1v) is 10.1. The lowest BCUT2D eigenvalue weighted by Gasteiger charge is -2.23. The van der Waals surface area contributed by atoms with Crippen LogP contribution in [0.1, 0.15) is 30.9 Å². The summed E-state index contributed by atoms with van der Waals surface area (Å²) in [4.78, 5) is 0. The largest absolute Gasteiger partial charge is 0.344 e. The lowest BCUT2D eigenvalue weighted by Crippen LogP contribution is -2.07. The van der Waals surface area contributed by atoms with E-state index in [0.717, 1.165) is 0 Å². The Morgan fingerprint density at radius 3 is 1.76 bits per heavy atom. The molecule has 0 saturated carbocycles. The second kappa shape index (κ2) is 7.69. The van der Waals surface area contributed by atoms with E-state index in [4.69, 9.17) is 0 Å². The highest BCUT2D eigenvalue weighted by molar-refractivity contribution is 5.94. The van der Waals surface area contributed by atoms with Gasteiger partial charge in [0.15, 0.2) is 0 Å². The normalized spacial score (nSPS) is 14.2. The molecule has 0 aromatic heterocycles. The predicted octanol–water partition coefficient (Wildman–Crippen LogP) is 7.95. The highest BCUT2D eigenvalue weighted by atomic mass is 14.4. The van der Waals surface area contributed by atoms with Crippen LogP contribution in [-0.4, -0.2) is 0 Å². The number of rotatable bonds is 3. The smallest absolute Gasteiger partial charge is 0.0131 e. The van der Waals surface area contributed by atoms with Crippen molar-refractivity contribution in [1.29, 1.82) is 0 Å². The predicted molar refractivity (Wildman–Crippen MR) is 124 cm³/mol. The summed E-state index contributed by atoms with van der Waals surface area (Å²) in [7, 11) is 0. The van der Waals surface area contributed by atoms with Crippen LogP contribution in [0.4, 0.5) is 0 Å². The van der Waals surface area contributed by atoms with Crippen molar-refractivity contribution in [2.75, 3.05) is 0 Å². The van der Waals surface area contributed by atoms with Crippen molar-refractivity contribution >= 4 is 0 Å². The van der Waals surface area contributed by atoms with E-state index in [2.05, 4.69) is 111 Å². The average Bonchev–Trinajstić information content (AvgIpc) is 3.09. The van der Waals surface area contributed by atoms with Crippen LogP contribution in [0.3, 0.4) is 0 Å². The molecule has 0 saturated heterocycles. The van der Waals surface area contributed by atoms with Gasteiger partial charge in [-0.2, -0.15) is 0 Å². The Labute approximate surface area is 173 Å². The van der Waals surface area contributed by atoms with Crippen molar-refractivity contribution in [3.8, 4) is 33.4 Å². The van der Waals surface area contributed by atoms with Gasteiger partial charge in [-0.25, -0.2) is 0 Å². The van der Waals surface area contributed by atoms with E-state index in [1.807, 2.05) is 0 Å². The zero-order valence-electron chi connectivity index (χ0n) is 17.1. The monoisotopic (exact) mass is 377 g/mol. The van der Waals surface area contributed by atoms with E-state index >= 15 is 0 Å². The molecule has 1 unspecified atom stereocenters. The summed E-state index contributed by atoms with van der Waals surface area (Å²) in [6.45, 7) is 4.70. The SMILES string of the molecule is CC(C)C1c2ccccc2-c2ccc(-c3ccccc3)c(-c3ccccc3)c21.N. The van der Waals surface area contributed by atoms with Gasteiger partial charge in [-0.3, -0.25) is 0 Å². The lowest BCUT2D eigenvalue weighted by atomic mass is 9.80. The van der Waals surface area contributed by atoms with Gasteiger partial charge in [0.1, 0.15) is 0 Å². The maximum absolute atomic E-state index is 2.35. The molecule has 29 heavy (non-hydrogen) atoms. The van der Waals surface area contributed by atoms with Crippen LogP contribution < -0.4 is 6.15 Å². The summed E-state index contributed by atoms with van der Waals surface area (Å²) in [5.41, 5.74) is 11.0. The van der Waals surface area contributed by atoms with Gasteiger partial charge in [0.05, 0.1) is 0 Å². The minimum absolute atomic E-state index is 0. The summed E-state index contributed by atoms with van der Waals surface area (Å²) in [6.07, 6.45) is 0. The highest BCUT2D eigenvalue weighted by Crippen LogP contribution is 2.53. The number of hydrogen-bond acceptors (Lipinski definition) is 1. The summed E-state index contributed by atoms with van der Waals surface area (Å²) in [6, 6.07) is 35.3. The third-order valence-corrected chi connectivity index (χ3v) is 5.96. The Bertz CT molecular complexity index is 1130. The van der Waals surface area contributed by atoms with Gasteiger partial charge < -0.3 is 6.15 Å². The van der Waals surface area contributed by atoms with Gasteiger partial charge >= 0.3 is 0 Å². The first-order chi connectivity index (χ1) is 13.8. The van der Waals surface area contributed by atoms with Crippen LogP contribution in [-0.2, 0) is 0 Å². The maximum atomic E-state index is 2.35. The van der Waals surface area contributed by atoms with Gasteiger partial charge in [0.25, 0.3) is 0 Å². The molecule has 0 heterocycles. The molecule has 5 rings (SSSR count). The average molecular weight is 378 g/mol. The molecule has 0 fully saturated rings. The van der Waals surface area contributed by atoms with Crippen LogP contribution in [0.15, 0.2) is 97.1 Å². The maximum Gasteiger partial charge on any atom is 0.0131 e. The Balaban J connectivity index is 0.00000205. The third-order valence-electron chi connectivity index (χ3n) is 5.96. The van der Waals surface area contributed by atoms with Crippen LogP contribution in [0.2, 0.25) is 0 Å². The molecule has 1 nitrogen and oxygen atoms in total. The fourth-order valence-electron chi connectivity index (χ4n) is 4.81. The van der Waals surface area contributed by atoms with Crippen molar-refractivity contribution in [3.05, 3.63) is 108 Å². The standard InChI is InChI=1S/C28H24.H3N/c1-19(2)26-24-16-10-9-15-23(24)25-18-17-22(20-11-5-3-6-12-20)27(28(25)26)21-13-7-4-8-14-21;/h3-19,26H,1-2H3;1H3. The summed E-state index contributed by atoms with van der Waals surface area (Å²) in [5.74, 6) is 0.959. The molecule has 1 atom stereocenters. The van der Waals surface area contributed by atoms with E-state index in [-0.39, 0.29) is 6.15 Å². The minimum Gasteiger partial charge on any atom is -0.344 e. The highest BCUT2D eigenvalue weighted by Gasteiger charge is 2.34. The number of hydrogen-bond donors (Lipinski definition) is 1. The summed E-state index contributed by atoms with van der Waals surface area (Å²) in [5, 5.41) is 0. The van der Waals surface area contributed by atoms with Crippen molar-refractivity contribution in [2.45, 2.75) is 19.8 Å². The first-order valence-electron chi connectivity index (χ1n) is 10.1. The Hall–Kier alpha value is -3.16. The molecule has 0 spiro atoms. The van der Waals surface area contributed by atoms with E-state index in [1.54, 1.807) is 0 Å². The van der Waals surface area contributed by atoms with Crippen LogP contribution in [0.5, 0.6) is 0 Å². The first kappa shape index (κ1) is 19.2. The molecule has 4 aromatic carbocycles. The number of fused-ring (bicyclic) bond motifs is 3. The van der Waals surface area contributed by atoms with E-state index < -0.39 is 0 Å². The van der Waals surface area contributed by atoms with Crippen LogP contribution in [0.25, 0.3) is 33.4 Å². The Morgan fingerprint density at radius 1 is 0.552 bits per heavy atom. The molecule has 3 N–H and O–H groups in total. The molecule has 0 radical (unpaired) electrons. The van der Waals surface area contributed by atoms with Crippen molar-refractivity contribution in [1.82, 2.24) is 6.15 Å². The van der Waals surface area contributed by atoms with Gasteiger partial charge in [-0.05, 0) is 50.4 Å². The molecule has 0 amide bonds. The zero-order valence-corrected chi connectivity index (χ0v) is 17.1. The summed E-state index contributed by atoms with van der Waals surface area (Å²) >= 11 is 0. The van der Waals surface area contributed by atoms with Crippen molar-refractivity contribution < 1.29 is 0 Å². The van der Waals surface area contributed by atoms with Crippen LogP contribution in [0, 0.1) is 5.92 Å². The molecule has 1 heteroatoms. The third kappa shape index (κ3) is 3.08. The van der Waals surface area contributed by atoms with E-state index in [0.29, 0.717) is 11.8 Å². The molecule has 1 aliphatic rings. The second-order valence-electron chi connectivity index (χ2n) is 7.99. The molecule has 1 aliphatic carbocycles. The van der Waals surface area contributed by atoms with Gasteiger partial charge in [0.2, 0.25) is 0 Å². The van der Waals surface area contributed by atoms with E-state index in [9.17, 15) is 0 Å². The second-order valence-corrected chi connectivity index (χ2v) is 7.99. The number of benzene rings is 4. The molecular weight excluding hydrogens is 350 g/mol. The molecule has 0 bridgehead atoms. The fraction of sp³-hybridized carbons (Fsp3) is 0.143. The molecule has 4 aromatic rings. The van der Waals surface area contributed by atoms with Crippen molar-refractivity contribution in [2.24, 2.45) is 5.92 Å². The lowest BCUT2D eigenvalue weighted by molar-refractivity contribution is 0.574. The van der Waals surface area contributed by atoms with Gasteiger partial charge in [-0.15, -0.1) is 0 Å². The minimum atomic E-state index is 0.